The summed E-state index contributed by atoms with van der Waals surface area (Å²) in [6.45, 7) is 0.988. The lowest BCUT2D eigenvalue weighted by Crippen LogP contribution is -2.07. The van der Waals surface area contributed by atoms with E-state index < -0.39 is 0 Å². The third-order valence-electron chi connectivity index (χ3n) is 4.47. The van der Waals surface area contributed by atoms with Gasteiger partial charge in [-0.3, -0.25) is 0 Å². The molecule has 1 aliphatic carbocycles. The fourth-order valence-corrected chi connectivity index (χ4v) is 4.06. The van der Waals surface area contributed by atoms with Gasteiger partial charge in [-0.05, 0) is 41.6 Å². The van der Waals surface area contributed by atoms with Crippen molar-refractivity contribution < 1.29 is 13.9 Å². The number of hydrogen-bond acceptors (Lipinski definition) is 6. The Morgan fingerprint density at radius 3 is 2.93 bits per heavy atom. The molecule has 1 atom stereocenters. The van der Waals surface area contributed by atoms with E-state index in [1.807, 2.05) is 24.3 Å². The lowest BCUT2D eigenvalue weighted by atomic mass is 9.92. The molecule has 28 heavy (non-hydrogen) atoms. The van der Waals surface area contributed by atoms with E-state index in [-0.39, 0.29) is 11.7 Å². The number of allylic oxidation sites excluding steroid dienone is 4. The van der Waals surface area contributed by atoms with Gasteiger partial charge in [-0.1, -0.05) is 12.1 Å². The second-order valence-corrected chi connectivity index (χ2v) is 7.32. The van der Waals surface area contributed by atoms with Gasteiger partial charge in [-0.25, -0.2) is 14.4 Å². The molecule has 0 aliphatic heterocycles. The number of hydrogen-bond donors (Lipinski definition) is 1. The number of halogens is 1. The molecule has 0 bridgehead atoms. The number of nitrogens with zero attached hydrogens (tertiary/aromatic N) is 2. The molecule has 2 N–H and O–H groups in total. The topological polar surface area (TPSA) is 70.3 Å². The maximum Gasteiger partial charge on any atom is 0.225 e. The van der Waals surface area contributed by atoms with E-state index in [2.05, 4.69) is 15.3 Å². The van der Waals surface area contributed by atoms with Gasteiger partial charge in [-0.2, -0.15) is 0 Å². The molecule has 3 aromatic rings. The largest absolute Gasteiger partial charge is 0.493 e. The van der Waals surface area contributed by atoms with E-state index in [0.717, 1.165) is 21.5 Å². The summed E-state index contributed by atoms with van der Waals surface area (Å²) in [5.41, 5.74) is 7.49. The molecule has 0 saturated heterocycles. The summed E-state index contributed by atoms with van der Waals surface area (Å²) in [6, 6.07) is 7.34. The van der Waals surface area contributed by atoms with E-state index >= 15 is 0 Å². The van der Waals surface area contributed by atoms with E-state index in [0.29, 0.717) is 37.6 Å². The predicted molar refractivity (Wildman–Crippen MR) is 110 cm³/mol. The van der Waals surface area contributed by atoms with Gasteiger partial charge in [0.2, 0.25) is 5.88 Å². The van der Waals surface area contributed by atoms with Crippen LogP contribution in [0.1, 0.15) is 24.3 Å². The Labute approximate surface area is 166 Å². The summed E-state index contributed by atoms with van der Waals surface area (Å²) in [7, 11) is 0. The van der Waals surface area contributed by atoms with Crippen LogP contribution in [0.25, 0.3) is 10.2 Å². The predicted octanol–water partition coefficient (Wildman–Crippen LogP) is 5.02. The number of nitrogens with two attached hydrogens (primary N) is 1. The highest BCUT2D eigenvalue weighted by molar-refractivity contribution is 7.17. The molecule has 1 aromatic carbocycles. The van der Waals surface area contributed by atoms with Gasteiger partial charge in [-0.15, -0.1) is 11.3 Å². The van der Waals surface area contributed by atoms with Gasteiger partial charge < -0.3 is 15.2 Å². The molecule has 5 nitrogen and oxygen atoms in total. The number of ether oxygens (including phenoxy) is 2. The molecule has 4 rings (SSSR count). The maximum absolute atomic E-state index is 13.3. The van der Waals surface area contributed by atoms with Crippen molar-refractivity contribution >= 4 is 27.2 Å². The van der Waals surface area contributed by atoms with Crippen molar-refractivity contribution in [2.75, 3.05) is 18.9 Å². The van der Waals surface area contributed by atoms with E-state index in [1.54, 1.807) is 23.5 Å². The number of benzene rings is 1. The van der Waals surface area contributed by atoms with Crippen LogP contribution in [0.4, 0.5) is 10.1 Å². The zero-order valence-electron chi connectivity index (χ0n) is 15.2. The van der Waals surface area contributed by atoms with Crippen LogP contribution in [0.3, 0.4) is 0 Å². The Morgan fingerprint density at radius 2 is 2.11 bits per heavy atom. The van der Waals surface area contributed by atoms with Gasteiger partial charge in [0.05, 0.1) is 18.6 Å². The third-order valence-corrected chi connectivity index (χ3v) is 5.38. The summed E-state index contributed by atoms with van der Waals surface area (Å²) < 4.78 is 24.9. The summed E-state index contributed by atoms with van der Waals surface area (Å²) in [6.07, 6.45) is 7.83. The Kier molecular flexibility index (Phi) is 5.53. The fraction of sp³-hybridized carbons (Fsp3) is 0.238. The van der Waals surface area contributed by atoms with Crippen LogP contribution >= 0.6 is 11.3 Å². The van der Waals surface area contributed by atoms with Crippen LogP contribution in [-0.2, 0) is 0 Å². The second kappa shape index (κ2) is 8.39. The molecule has 7 heteroatoms. The van der Waals surface area contributed by atoms with Crippen LogP contribution in [-0.4, -0.2) is 23.2 Å². The first-order valence-corrected chi connectivity index (χ1v) is 9.96. The molecular weight excluding hydrogens is 377 g/mol. The van der Waals surface area contributed by atoms with Gasteiger partial charge in [0, 0.05) is 24.1 Å². The molecule has 1 unspecified atom stereocenters. The fourth-order valence-electron chi connectivity index (χ4n) is 3.10. The smallest absolute Gasteiger partial charge is 0.225 e. The van der Waals surface area contributed by atoms with Crippen molar-refractivity contribution in [3.05, 3.63) is 65.6 Å². The molecule has 2 heterocycles. The van der Waals surface area contributed by atoms with Crippen LogP contribution in [0.15, 0.2) is 60.0 Å². The highest BCUT2D eigenvalue weighted by Gasteiger charge is 2.19. The van der Waals surface area contributed by atoms with Crippen molar-refractivity contribution in [2.24, 2.45) is 0 Å². The second-order valence-electron chi connectivity index (χ2n) is 6.46. The molecule has 144 valence electrons. The highest BCUT2D eigenvalue weighted by Crippen LogP contribution is 2.38. The van der Waals surface area contributed by atoms with Crippen LogP contribution in [0.5, 0.6) is 11.6 Å². The molecular formula is C21H20FN3O2S. The van der Waals surface area contributed by atoms with Crippen molar-refractivity contribution in [3.8, 4) is 11.6 Å². The van der Waals surface area contributed by atoms with Crippen LogP contribution < -0.4 is 15.2 Å². The standard InChI is InChI=1S/C21H20FN3O2S/c22-15-7-5-14(6-8-15)18-12-28-21-19(18)20(24-13-25-21)27-10-2-9-26-17-4-1-3-16(23)11-17/h1,3-5,7-8,11-14H,2,6,9-10,23H2. The number of anilines is 1. The van der Waals surface area contributed by atoms with E-state index in [4.69, 9.17) is 15.2 Å². The molecule has 0 saturated carbocycles. The Hall–Kier alpha value is -2.93. The lowest BCUT2D eigenvalue weighted by molar-refractivity contribution is 0.244. The number of nitrogen functional groups attached to an aromatic ring is 1. The Balaban J connectivity index is 1.40. The van der Waals surface area contributed by atoms with Crippen molar-refractivity contribution in [1.29, 1.82) is 0 Å². The minimum absolute atomic E-state index is 0.105. The van der Waals surface area contributed by atoms with Crippen molar-refractivity contribution in [3.63, 3.8) is 0 Å². The first-order valence-electron chi connectivity index (χ1n) is 9.08. The number of aromatic nitrogens is 2. The van der Waals surface area contributed by atoms with Gasteiger partial charge in [0.15, 0.2) is 0 Å². The van der Waals surface area contributed by atoms with E-state index in [1.165, 1.54) is 12.4 Å². The SMILES string of the molecule is Nc1cccc(OCCCOc2ncnc3scc(C4C=CC(F)=CC4)c23)c1. The zero-order valence-corrected chi connectivity index (χ0v) is 16.0. The summed E-state index contributed by atoms with van der Waals surface area (Å²) >= 11 is 1.55. The number of rotatable bonds is 7. The average molecular weight is 397 g/mol. The minimum Gasteiger partial charge on any atom is -0.493 e. The van der Waals surface area contributed by atoms with Gasteiger partial charge in [0.25, 0.3) is 0 Å². The summed E-state index contributed by atoms with van der Waals surface area (Å²) in [5.74, 6) is 1.22. The lowest BCUT2D eigenvalue weighted by Gasteiger charge is -2.14. The average Bonchev–Trinajstić information content (AvgIpc) is 3.13. The Morgan fingerprint density at radius 1 is 1.21 bits per heavy atom. The minimum atomic E-state index is -0.191. The monoisotopic (exact) mass is 397 g/mol. The summed E-state index contributed by atoms with van der Waals surface area (Å²) in [4.78, 5) is 9.54. The van der Waals surface area contributed by atoms with E-state index in [9.17, 15) is 4.39 Å². The van der Waals surface area contributed by atoms with Gasteiger partial charge >= 0.3 is 0 Å². The quantitative estimate of drug-likeness (QED) is 0.448. The van der Waals surface area contributed by atoms with Crippen LogP contribution in [0.2, 0.25) is 0 Å². The Bertz CT molecular complexity index is 1030. The maximum atomic E-state index is 13.3. The van der Waals surface area contributed by atoms with Gasteiger partial charge in [0.1, 0.15) is 22.7 Å². The summed E-state index contributed by atoms with van der Waals surface area (Å²) in [5, 5.41) is 2.97. The number of fused-ring (bicyclic) bond motifs is 1. The molecule has 1 aliphatic rings. The van der Waals surface area contributed by atoms with Crippen LogP contribution in [0, 0.1) is 0 Å². The third kappa shape index (κ3) is 4.14. The molecule has 0 fully saturated rings. The first kappa shape index (κ1) is 18.4. The highest BCUT2D eigenvalue weighted by atomic mass is 32.1. The molecule has 0 amide bonds. The molecule has 0 radical (unpaired) electrons. The van der Waals surface area contributed by atoms with Crippen molar-refractivity contribution in [1.82, 2.24) is 9.97 Å². The molecule has 0 spiro atoms. The molecule has 2 aromatic heterocycles. The number of thiophene rings is 1. The normalized spacial score (nSPS) is 16.2. The van der Waals surface area contributed by atoms with Crippen molar-refractivity contribution in [2.45, 2.75) is 18.8 Å². The zero-order chi connectivity index (χ0) is 19.3. The first-order chi connectivity index (χ1) is 13.7.